The Kier molecular flexibility index (Phi) is 4.74. The molecule has 0 amide bonds. The highest BCUT2D eigenvalue weighted by molar-refractivity contribution is 7.89. The summed E-state index contributed by atoms with van der Waals surface area (Å²) in [6.07, 6.45) is 1.32. The normalized spacial score (nSPS) is 18.4. The first-order valence-electron chi connectivity index (χ1n) is 6.50. The summed E-state index contributed by atoms with van der Waals surface area (Å²) in [4.78, 5) is -0.287. The minimum atomic E-state index is -3.79. The van der Waals surface area contributed by atoms with E-state index in [1.54, 1.807) is 7.11 Å². The highest BCUT2D eigenvalue weighted by atomic mass is 32.2. The maximum atomic E-state index is 13.9. The van der Waals surface area contributed by atoms with Crippen LogP contribution in [0.1, 0.15) is 18.4 Å². The van der Waals surface area contributed by atoms with Crippen molar-refractivity contribution >= 4 is 10.0 Å². The first-order chi connectivity index (χ1) is 9.48. The minimum Gasteiger partial charge on any atom is -0.381 e. The molecule has 2 N–H and O–H groups in total. The molecular formula is C13H19FN2O3S. The number of hydrogen-bond acceptors (Lipinski definition) is 4. The third-order valence-electron chi connectivity index (χ3n) is 3.58. The predicted octanol–water partition coefficient (Wildman–Crippen LogP) is 1.08. The van der Waals surface area contributed by atoms with E-state index >= 15 is 0 Å². The molecule has 0 aliphatic carbocycles. The van der Waals surface area contributed by atoms with Crippen molar-refractivity contribution in [3.63, 3.8) is 0 Å². The van der Waals surface area contributed by atoms with Gasteiger partial charge in [-0.3, -0.25) is 0 Å². The van der Waals surface area contributed by atoms with E-state index in [9.17, 15) is 12.8 Å². The van der Waals surface area contributed by atoms with Gasteiger partial charge in [-0.1, -0.05) is 6.07 Å². The number of halogens is 1. The molecular weight excluding hydrogens is 283 g/mol. The highest BCUT2D eigenvalue weighted by Crippen LogP contribution is 2.24. The summed E-state index contributed by atoms with van der Waals surface area (Å²) in [5.41, 5.74) is 5.98. The van der Waals surface area contributed by atoms with E-state index in [1.165, 1.54) is 22.5 Å². The lowest BCUT2D eigenvalue weighted by atomic mass is 10.1. The van der Waals surface area contributed by atoms with Gasteiger partial charge in [-0.25, -0.2) is 12.8 Å². The fraction of sp³-hybridized carbons (Fsp3) is 0.538. The quantitative estimate of drug-likeness (QED) is 0.903. The Morgan fingerprint density at radius 3 is 2.55 bits per heavy atom. The van der Waals surface area contributed by atoms with Crippen LogP contribution in [0.4, 0.5) is 4.39 Å². The van der Waals surface area contributed by atoms with Gasteiger partial charge in [0.15, 0.2) is 0 Å². The van der Waals surface area contributed by atoms with E-state index in [1.807, 2.05) is 0 Å². The van der Waals surface area contributed by atoms with Crippen LogP contribution in [0, 0.1) is 5.82 Å². The number of nitrogens with two attached hydrogens (primary N) is 1. The van der Waals surface area contributed by atoms with Crippen LogP contribution in [-0.4, -0.2) is 39.0 Å². The molecule has 1 aliphatic heterocycles. The van der Waals surface area contributed by atoms with Crippen LogP contribution in [0.15, 0.2) is 23.1 Å². The number of nitrogens with zero attached hydrogens (tertiary/aromatic N) is 1. The second-order valence-corrected chi connectivity index (χ2v) is 6.71. The number of methoxy groups -OCH3 is 1. The van der Waals surface area contributed by atoms with E-state index in [0.29, 0.717) is 31.5 Å². The van der Waals surface area contributed by atoms with E-state index < -0.39 is 15.8 Å². The van der Waals surface area contributed by atoms with Gasteiger partial charge in [0, 0.05) is 26.7 Å². The fourth-order valence-corrected chi connectivity index (χ4v) is 3.84. The molecule has 0 atom stereocenters. The molecule has 2 rings (SSSR count). The predicted molar refractivity (Wildman–Crippen MR) is 73.1 cm³/mol. The van der Waals surface area contributed by atoms with Crippen molar-refractivity contribution in [2.24, 2.45) is 5.73 Å². The van der Waals surface area contributed by atoms with Gasteiger partial charge < -0.3 is 10.5 Å². The highest BCUT2D eigenvalue weighted by Gasteiger charge is 2.31. The molecule has 1 fully saturated rings. The molecule has 1 aliphatic rings. The zero-order valence-electron chi connectivity index (χ0n) is 11.4. The molecule has 0 bridgehead atoms. The van der Waals surface area contributed by atoms with Gasteiger partial charge >= 0.3 is 0 Å². The molecule has 1 aromatic rings. The summed E-state index contributed by atoms with van der Waals surface area (Å²) < 4.78 is 45.3. The van der Waals surface area contributed by atoms with Gasteiger partial charge in [0.05, 0.1) is 6.10 Å². The maximum absolute atomic E-state index is 13.9. The molecule has 20 heavy (non-hydrogen) atoms. The van der Waals surface area contributed by atoms with Crippen LogP contribution < -0.4 is 5.73 Å². The zero-order chi connectivity index (χ0) is 14.8. The number of hydrogen-bond donors (Lipinski definition) is 1. The molecule has 7 heteroatoms. The Labute approximate surface area is 118 Å². The van der Waals surface area contributed by atoms with Crippen molar-refractivity contribution in [3.8, 4) is 0 Å². The first kappa shape index (κ1) is 15.4. The smallest absolute Gasteiger partial charge is 0.245 e. The maximum Gasteiger partial charge on any atom is 0.245 e. The number of sulfonamides is 1. The van der Waals surface area contributed by atoms with Gasteiger partial charge in [0.25, 0.3) is 0 Å². The largest absolute Gasteiger partial charge is 0.381 e. The van der Waals surface area contributed by atoms with Crippen molar-refractivity contribution in [1.82, 2.24) is 4.31 Å². The zero-order valence-corrected chi connectivity index (χ0v) is 12.2. The third-order valence-corrected chi connectivity index (χ3v) is 5.52. The van der Waals surface area contributed by atoms with Crippen LogP contribution in [0.2, 0.25) is 0 Å². The Balaban J connectivity index is 2.23. The van der Waals surface area contributed by atoms with E-state index in [-0.39, 0.29) is 17.5 Å². The average Bonchev–Trinajstić information content (AvgIpc) is 2.46. The molecule has 0 radical (unpaired) electrons. The molecule has 1 saturated heterocycles. The van der Waals surface area contributed by atoms with E-state index in [2.05, 4.69) is 0 Å². The summed E-state index contributed by atoms with van der Waals surface area (Å²) >= 11 is 0. The summed E-state index contributed by atoms with van der Waals surface area (Å²) in [6.45, 7) is 0.869. The molecule has 1 heterocycles. The summed E-state index contributed by atoms with van der Waals surface area (Å²) in [5.74, 6) is -0.748. The molecule has 112 valence electrons. The second-order valence-electron chi connectivity index (χ2n) is 4.81. The lowest BCUT2D eigenvalue weighted by molar-refractivity contribution is 0.0604. The van der Waals surface area contributed by atoms with E-state index in [0.717, 1.165) is 0 Å². The van der Waals surface area contributed by atoms with Gasteiger partial charge in [-0.2, -0.15) is 4.31 Å². The molecule has 1 aromatic carbocycles. The van der Waals surface area contributed by atoms with Crippen molar-refractivity contribution in [2.45, 2.75) is 30.4 Å². The van der Waals surface area contributed by atoms with Gasteiger partial charge in [-0.05, 0) is 30.5 Å². The fourth-order valence-electron chi connectivity index (χ4n) is 2.33. The Bertz CT molecular complexity index is 569. The molecule has 0 aromatic heterocycles. The van der Waals surface area contributed by atoms with Crippen LogP contribution in [0.25, 0.3) is 0 Å². The van der Waals surface area contributed by atoms with Crippen LogP contribution in [0.5, 0.6) is 0 Å². The number of benzene rings is 1. The minimum absolute atomic E-state index is 0.0749. The molecule has 0 saturated carbocycles. The Morgan fingerprint density at radius 1 is 1.40 bits per heavy atom. The standard InChI is InChI=1S/C13H19FN2O3S/c1-19-11-4-6-16(7-5-11)20(17,18)13-3-2-10(9-15)8-12(13)14/h2-3,8,11H,4-7,9,15H2,1H3. The van der Waals surface area contributed by atoms with Crippen molar-refractivity contribution in [3.05, 3.63) is 29.6 Å². The van der Waals surface area contributed by atoms with Crippen LogP contribution in [-0.2, 0) is 21.3 Å². The summed E-state index contributed by atoms with van der Waals surface area (Å²) in [7, 11) is -2.18. The topological polar surface area (TPSA) is 72.6 Å². The van der Waals surface area contributed by atoms with Crippen LogP contribution in [0.3, 0.4) is 0 Å². The van der Waals surface area contributed by atoms with Gasteiger partial charge in [0.1, 0.15) is 10.7 Å². The summed E-state index contributed by atoms with van der Waals surface area (Å²) in [6, 6.07) is 4.00. The summed E-state index contributed by atoms with van der Waals surface area (Å²) in [5, 5.41) is 0. The van der Waals surface area contributed by atoms with Gasteiger partial charge in [0.2, 0.25) is 10.0 Å². The number of ether oxygens (including phenoxy) is 1. The Hall–Kier alpha value is -1.02. The average molecular weight is 302 g/mol. The van der Waals surface area contributed by atoms with Crippen molar-refractivity contribution in [1.29, 1.82) is 0 Å². The van der Waals surface area contributed by atoms with E-state index in [4.69, 9.17) is 10.5 Å². The number of rotatable bonds is 4. The second kappa shape index (κ2) is 6.17. The molecule has 0 unspecified atom stereocenters. The van der Waals surface area contributed by atoms with Crippen molar-refractivity contribution < 1.29 is 17.5 Å². The Morgan fingerprint density at radius 2 is 2.05 bits per heavy atom. The third kappa shape index (κ3) is 3.01. The monoisotopic (exact) mass is 302 g/mol. The van der Waals surface area contributed by atoms with Crippen LogP contribution >= 0.6 is 0 Å². The lowest BCUT2D eigenvalue weighted by Gasteiger charge is -2.30. The first-order valence-corrected chi connectivity index (χ1v) is 7.94. The molecule has 0 spiro atoms. The lowest BCUT2D eigenvalue weighted by Crippen LogP contribution is -2.40. The van der Waals surface area contributed by atoms with Gasteiger partial charge in [-0.15, -0.1) is 0 Å². The SMILES string of the molecule is COC1CCN(S(=O)(=O)c2ccc(CN)cc2F)CC1. The van der Waals surface area contributed by atoms with Crippen molar-refractivity contribution in [2.75, 3.05) is 20.2 Å². The molecule has 5 nitrogen and oxygen atoms in total. The number of piperidine rings is 1.